The number of ether oxygens (including phenoxy) is 2. The maximum Gasteiger partial charge on any atom is 0.410 e. The molecule has 3 heterocycles. The molecule has 1 aliphatic heterocycles. The van der Waals surface area contributed by atoms with Crippen LogP contribution in [0.25, 0.3) is 22.0 Å². The number of carbonyl (C=O) groups excluding carboxylic acids is 1. The van der Waals surface area contributed by atoms with Crippen LogP contribution in [0.2, 0.25) is 5.15 Å². The maximum absolute atomic E-state index is 14.7. The second-order valence-electron chi connectivity index (χ2n) is 11.6. The highest BCUT2D eigenvalue weighted by atomic mass is 79.9. The number of benzene rings is 1. The van der Waals surface area contributed by atoms with Crippen LogP contribution in [0.4, 0.5) is 9.18 Å². The van der Waals surface area contributed by atoms with Gasteiger partial charge >= 0.3 is 6.09 Å². The topological polar surface area (TPSA) is 61.5 Å². The first kappa shape index (κ1) is 29.2. The molecule has 3 aromatic rings. The lowest BCUT2D eigenvalue weighted by Gasteiger charge is -2.34. The predicted molar refractivity (Wildman–Crippen MR) is 158 cm³/mol. The van der Waals surface area contributed by atoms with E-state index in [1.54, 1.807) is 21.7 Å². The fourth-order valence-corrected chi connectivity index (χ4v) is 5.73. The van der Waals surface area contributed by atoms with Crippen molar-refractivity contribution in [2.24, 2.45) is 0 Å². The van der Waals surface area contributed by atoms with Gasteiger partial charge in [0.25, 0.3) is 0 Å². The molecule has 0 aliphatic carbocycles. The van der Waals surface area contributed by atoms with E-state index in [4.69, 9.17) is 21.1 Å². The molecule has 2 aromatic heterocycles. The number of hydrogen-bond acceptors (Lipinski definition) is 4. The molecular weight excluding hydrogens is 595 g/mol. The summed E-state index contributed by atoms with van der Waals surface area (Å²) in [7, 11) is -0.628. The fraction of sp³-hybridized carbons (Fsp3) is 0.556. The number of hydrogen-bond donors (Lipinski definition) is 0. The first-order valence-electron chi connectivity index (χ1n) is 12.7. The normalized spacial score (nSPS) is 15.9. The van der Waals surface area contributed by atoms with E-state index in [1.807, 2.05) is 33.2 Å². The highest BCUT2D eigenvalue weighted by molar-refractivity contribution is 9.10. The summed E-state index contributed by atoms with van der Waals surface area (Å²) in [6.45, 7) is 7.71. The second kappa shape index (κ2) is 11.4. The van der Waals surface area contributed by atoms with Gasteiger partial charge in [-0.2, -0.15) is 5.10 Å². The fourth-order valence-electron chi connectivity index (χ4n) is 4.53. The van der Waals surface area contributed by atoms with Gasteiger partial charge in [0.05, 0.1) is 16.6 Å². The second-order valence-corrected chi connectivity index (χ2v) is 17.4. The van der Waals surface area contributed by atoms with E-state index in [1.165, 1.54) is 0 Å². The van der Waals surface area contributed by atoms with Crippen LogP contribution >= 0.6 is 37.6 Å². The monoisotopic (exact) mass is 630 g/mol. The highest BCUT2D eigenvalue weighted by Crippen LogP contribution is 2.40. The third kappa shape index (κ3) is 7.06. The average molecular weight is 632 g/mol. The average Bonchev–Trinajstić information content (AvgIpc) is 3.35. The van der Waals surface area contributed by atoms with Gasteiger partial charge in [-0.05, 0) is 80.4 Å². The minimum atomic E-state index is -0.628. The van der Waals surface area contributed by atoms with Crippen molar-refractivity contribution >= 4 is 54.6 Å². The number of likely N-dealkylation sites (tertiary alicyclic amines) is 1. The molecule has 11 heteroatoms. The van der Waals surface area contributed by atoms with Crippen molar-refractivity contribution in [1.29, 1.82) is 0 Å². The summed E-state index contributed by atoms with van der Waals surface area (Å²) in [5.41, 5.74) is 1.90. The minimum absolute atomic E-state index is 0.0996. The lowest BCUT2D eigenvalue weighted by molar-refractivity contribution is 0.0189. The first-order valence-corrected chi connectivity index (χ1v) is 16.9. The number of fused-ring (bicyclic) bond motifs is 1. The molecule has 0 bridgehead atoms. The number of carbonyl (C=O) groups is 1. The Labute approximate surface area is 239 Å². The Morgan fingerprint density at radius 1 is 1.18 bits per heavy atom. The lowest BCUT2D eigenvalue weighted by Crippen LogP contribution is -2.42. The summed E-state index contributed by atoms with van der Waals surface area (Å²) in [5, 5.41) is 5.71. The number of aromatic nitrogens is 3. The van der Waals surface area contributed by atoms with E-state index in [0.717, 1.165) is 40.6 Å². The smallest absolute Gasteiger partial charge is 0.410 e. The van der Waals surface area contributed by atoms with Crippen LogP contribution < -0.4 is 0 Å². The standard InChI is InChI=1S/C27H37BrClFN4O3S/c1-27(2,3)37-26(35)32-9-7-18(8-10-32)34-16-20(19-13-22(28)23(30)14-24(19)34)21-15-33(31-25(21)29)17-36-11-12-38(4,5)6/h13-16,18H,7-12,17H2,1-6H3. The summed E-state index contributed by atoms with van der Waals surface area (Å²) in [6, 6.07) is 3.45. The number of nitrogens with zero attached hydrogens (tertiary/aromatic N) is 4. The van der Waals surface area contributed by atoms with Crippen LogP contribution in [0.15, 0.2) is 29.0 Å². The Balaban J connectivity index is 1.58. The minimum Gasteiger partial charge on any atom is -0.444 e. The van der Waals surface area contributed by atoms with Crippen molar-refractivity contribution in [1.82, 2.24) is 19.2 Å². The van der Waals surface area contributed by atoms with Gasteiger partial charge in [-0.25, -0.2) is 23.9 Å². The number of piperidine rings is 1. The van der Waals surface area contributed by atoms with Gasteiger partial charge in [-0.1, -0.05) is 11.6 Å². The highest BCUT2D eigenvalue weighted by Gasteiger charge is 2.29. The molecule has 0 N–H and O–H groups in total. The predicted octanol–water partition coefficient (Wildman–Crippen LogP) is 7.30. The molecule has 38 heavy (non-hydrogen) atoms. The Morgan fingerprint density at radius 3 is 2.50 bits per heavy atom. The van der Waals surface area contributed by atoms with E-state index >= 15 is 0 Å². The summed E-state index contributed by atoms with van der Waals surface area (Å²) in [6.07, 6.45) is 11.9. The van der Waals surface area contributed by atoms with Crippen LogP contribution in [-0.2, 0) is 16.2 Å². The molecule has 4 rings (SSSR count). The van der Waals surface area contributed by atoms with Crippen molar-refractivity contribution in [2.45, 2.75) is 52.0 Å². The maximum atomic E-state index is 14.7. The van der Waals surface area contributed by atoms with Crippen molar-refractivity contribution < 1.29 is 18.7 Å². The molecule has 0 atom stereocenters. The zero-order chi connectivity index (χ0) is 27.8. The Bertz CT molecular complexity index is 1310. The van der Waals surface area contributed by atoms with Gasteiger partial charge in [-0.15, -0.1) is 0 Å². The summed E-state index contributed by atoms with van der Waals surface area (Å²) in [4.78, 5) is 14.3. The third-order valence-corrected chi connectivity index (χ3v) is 8.73. The Kier molecular flexibility index (Phi) is 8.76. The molecule has 0 radical (unpaired) electrons. The molecule has 0 unspecified atom stereocenters. The van der Waals surface area contributed by atoms with Gasteiger partial charge in [-0.3, -0.25) is 0 Å². The quantitative estimate of drug-likeness (QED) is 0.257. The molecule has 1 saturated heterocycles. The van der Waals surface area contributed by atoms with Crippen molar-refractivity contribution in [3.8, 4) is 11.1 Å². The molecular formula is C27H37BrClFN4O3S. The zero-order valence-corrected chi connectivity index (χ0v) is 26.1. The number of halogens is 3. The van der Waals surface area contributed by atoms with Crippen molar-refractivity contribution in [3.05, 3.63) is 40.0 Å². The molecule has 0 saturated carbocycles. The van der Waals surface area contributed by atoms with Crippen molar-refractivity contribution in [3.63, 3.8) is 0 Å². The van der Waals surface area contributed by atoms with Gasteiger partial charge in [0.15, 0.2) is 5.15 Å². The van der Waals surface area contributed by atoms with E-state index < -0.39 is 15.6 Å². The molecule has 1 amide bonds. The Hall–Kier alpha value is -1.75. The third-order valence-electron chi connectivity index (χ3n) is 6.46. The zero-order valence-electron chi connectivity index (χ0n) is 22.9. The van der Waals surface area contributed by atoms with Gasteiger partial charge in [0.2, 0.25) is 0 Å². The van der Waals surface area contributed by atoms with E-state index in [9.17, 15) is 9.18 Å². The van der Waals surface area contributed by atoms with Gasteiger partial charge < -0.3 is 18.9 Å². The van der Waals surface area contributed by atoms with Crippen LogP contribution in [0.3, 0.4) is 0 Å². The summed E-state index contributed by atoms with van der Waals surface area (Å²) < 4.78 is 30.3. The Morgan fingerprint density at radius 2 is 1.87 bits per heavy atom. The van der Waals surface area contributed by atoms with Crippen LogP contribution in [0.5, 0.6) is 0 Å². The number of rotatable bonds is 7. The van der Waals surface area contributed by atoms with Gasteiger partial charge in [0, 0.05) is 53.8 Å². The molecule has 1 aliphatic rings. The largest absolute Gasteiger partial charge is 0.444 e. The number of amides is 1. The molecule has 7 nitrogen and oxygen atoms in total. The lowest BCUT2D eigenvalue weighted by atomic mass is 10.0. The van der Waals surface area contributed by atoms with E-state index in [-0.39, 0.29) is 18.0 Å². The summed E-state index contributed by atoms with van der Waals surface area (Å²) in [5.74, 6) is 0.695. The molecule has 0 spiro atoms. The molecule has 1 fully saturated rings. The molecule has 1 aromatic carbocycles. The SMILES string of the molecule is CC(C)(C)OC(=O)N1CCC(n2cc(-c3cn(COCCS(C)(C)C)nc3Cl)c3cc(Br)c(F)cc32)CC1. The summed E-state index contributed by atoms with van der Waals surface area (Å²) >= 11 is 9.95. The van der Waals surface area contributed by atoms with Crippen LogP contribution in [0.1, 0.15) is 39.7 Å². The van der Waals surface area contributed by atoms with E-state index in [0.29, 0.717) is 36.1 Å². The van der Waals surface area contributed by atoms with Crippen molar-refractivity contribution in [2.75, 3.05) is 44.2 Å². The first-order chi connectivity index (χ1) is 17.7. The molecule has 210 valence electrons. The van der Waals surface area contributed by atoms with Crippen LogP contribution in [0, 0.1) is 5.82 Å². The van der Waals surface area contributed by atoms with E-state index in [2.05, 4.69) is 44.4 Å². The van der Waals surface area contributed by atoms with Gasteiger partial charge in [0.1, 0.15) is 18.1 Å². The van der Waals surface area contributed by atoms with Crippen LogP contribution in [-0.4, -0.2) is 75.2 Å².